The van der Waals surface area contributed by atoms with Crippen molar-refractivity contribution in [1.29, 1.82) is 0 Å². The fourth-order valence-corrected chi connectivity index (χ4v) is 2.16. The molecule has 0 heterocycles. The van der Waals surface area contributed by atoms with Crippen molar-refractivity contribution in [2.24, 2.45) is 0 Å². The van der Waals surface area contributed by atoms with Gasteiger partial charge in [0.2, 0.25) is 0 Å². The van der Waals surface area contributed by atoms with Gasteiger partial charge in [-0.2, -0.15) is 0 Å². The number of rotatable bonds is 6. The van der Waals surface area contributed by atoms with Crippen LogP contribution in [0.25, 0.3) is 0 Å². The summed E-state index contributed by atoms with van der Waals surface area (Å²) < 4.78 is 9.89. The number of nitrogens with one attached hydrogen (secondary N) is 1. The topological polar surface area (TPSA) is 64.6 Å². The molecule has 0 bridgehead atoms. The summed E-state index contributed by atoms with van der Waals surface area (Å²) in [4.78, 5) is 24.2. The number of esters is 1. The monoisotopic (exact) mass is 313 g/mol. The zero-order chi connectivity index (χ0) is 16.7. The normalized spacial score (nSPS) is 11.4. The first kappa shape index (κ1) is 16.5. The molecule has 1 atom stereocenters. The van der Waals surface area contributed by atoms with Crippen molar-refractivity contribution in [3.8, 4) is 5.75 Å². The first-order valence-electron chi connectivity index (χ1n) is 7.20. The molecule has 1 N–H and O–H groups in total. The minimum absolute atomic E-state index is 0.311. The van der Waals surface area contributed by atoms with Crippen molar-refractivity contribution >= 4 is 11.9 Å². The summed E-state index contributed by atoms with van der Waals surface area (Å²) in [6.45, 7) is 0. The molecule has 0 aliphatic rings. The number of methoxy groups -OCH3 is 2. The Balaban J connectivity index is 2.10. The molecular formula is C18H19NO4. The smallest absolute Gasteiger partial charge is 0.328 e. The first-order chi connectivity index (χ1) is 11.1. The van der Waals surface area contributed by atoms with E-state index in [1.54, 1.807) is 31.4 Å². The Kier molecular flexibility index (Phi) is 5.74. The Hall–Kier alpha value is -2.82. The van der Waals surface area contributed by atoms with Gasteiger partial charge >= 0.3 is 5.97 Å². The fraction of sp³-hybridized carbons (Fsp3) is 0.222. The van der Waals surface area contributed by atoms with Gasteiger partial charge in [-0.15, -0.1) is 0 Å². The second-order valence-corrected chi connectivity index (χ2v) is 4.97. The summed E-state index contributed by atoms with van der Waals surface area (Å²) in [6.07, 6.45) is 0.343. The lowest BCUT2D eigenvalue weighted by Gasteiger charge is -2.17. The van der Waals surface area contributed by atoms with Crippen LogP contribution in [0.4, 0.5) is 0 Å². The molecule has 2 aromatic carbocycles. The van der Waals surface area contributed by atoms with E-state index in [1.165, 1.54) is 7.11 Å². The van der Waals surface area contributed by atoms with Crippen LogP contribution in [-0.2, 0) is 16.0 Å². The highest BCUT2D eigenvalue weighted by atomic mass is 16.5. The highest BCUT2D eigenvalue weighted by molar-refractivity contribution is 5.96. The van der Waals surface area contributed by atoms with E-state index in [4.69, 9.17) is 9.47 Å². The largest absolute Gasteiger partial charge is 0.497 e. The van der Waals surface area contributed by atoms with Gasteiger partial charge < -0.3 is 14.8 Å². The van der Waals surface area contributed by atoms with Crippen LogP contribution in [0.1, 0.15) is 15.9 Å². The van der Waals surface area contributed by atoms with E-state index < -0.39 is 12.0 Å². The minimum atomic E-state index is -0.749. The lowest BCUT2D eigenvalue weighted by Crippen LogP contribution is -2.43. The zero-order valence-electron chi connectivity index (χ0n) is 13.1. The molecule has 2 rings (SSSR count). The fourth-order valence-electron chi connectivity index (χ4n) is 2.16. The second kappa shape index (κ2) is 7.98. The predicted octanol–water partition coefficient (Wildman–Crippen LogP) is 2.21. The van der Waals surface area contributed by atoms with E-state index in [1.807, 2.05) is 30.3 Å². The van der Waals surface area contributed by atoms with E-state index >= 15 is 0 Å². The average molecular weight is 313 g/mol. The molecule has 2 aromatic rings. The molecule has 0 fully saturated rings. The summed E-state index contributed by atoms with van der Waals surface area (Å²) in [6, 6.07) is 15.3. The maximum absolute atomic E-state index is 12.2. The summed E-state index contributed by atoms with van der Waals surface area (Å²) in [5.74, 6) is -0.0590. The van der Waals surface area contributed by atoms with Crippen LogP contribution in [0.15, 0.2) is 54.6 Å². The van der Waals surface area contributed by atoms with Gasteiger partial charge in [0.15, 0.2) is 0 Å². The van der Waals surface area contributed by atoms with Crippen LogP contribution >= 0.6 is 0 Å². The highest BCUT2D eigenvalue weighted by Crippen LogP contribution is 2.13. The number of carbonyl (C=O) groups is 2. The Morgan fingerprint density at radius 2 is 1.65 bits per heavy atom. The number of benzene rings is 2. The molecule has 0 aliphatic carbocycles. The summed E-state index contributed by atoms with van der Waals surface area (Å²) in [7, 11) is 2.89. The van der Waals surface area contributed by atoms with Crippen molar-refractivity contribution in [2.45, 2.75) is 12.5 Å². The molecule has 0 saturated carbocycles. The van der Waals surface area contributed by atoms with Crippen LogP contribution in [0, 0.1) is 0 Å². The number of carbonyl (C=O) groups excluding carboxylic acids is 2. The molecule has 0 aliphatic heterocycles. The number of amides is 1. The molecule has 0 unspecified atom stereocenters. The Morgan fingerprint density at radius 3 is 2.22 bits per heavy atom. The zero-order valence-corrected chi connectivity index (χ0v) is 13.1. The third kappa shape index (κ3) is 4.57. The van der Waals surface area contributed by atoms with Crippen molar-refractivity contribution in [3.05, 3.63) is 65.7 Å². The molecule has 0 saturated heterocycles. The minimum Gasteiger partial charge on any atom is -0.497 e. The third-order valence-electron chi connectivity index (χ3n) is 3.43. The number of hydrogen-bond donors (Lipinski definition) is 1. The van der Waals surface area contributed by atoms with E-state index in [0.29, 0.717) is 12.0 Å². The lowest BCUT2D eigenvalue weighted by molar-refractivity contribution is -0.142. The second-order valence-electron chi connectivity index (χ2n) is 4.97. The van der Waals surface area contributed by atoms with Crippen LogP contribution in [-0.4, -0.2) is 32.1 Å². The van der Waals surface area contributed by atoms with Crippen LogP contribution in [0.2, 0.25) is 0 Å². The Morgan fingerprint density at radius 1 is 1.00 bits per heavy atom. The van der Waals surface area contributed by atoms with E-state index in [2.05, 4.69) is 5.32 Å². The lowest BCUT2D eigenvalue weighted by atomic mass is 10.1. The van der Waals surface area contributed by atoms with Gasteiger partial charge in [-0.25, -0.2) is 4.79 Å². The molecule has 5 heteroatoms. The van der Waals surface area contributed by atoms with Gasteiger partial charge in [-0.3, -0.25) is 4.79 Å². The van der Waals surface area contributed by atoms with Crippen molar-refractivity contribution in [1.82, 2.24) is 5.32 Å². The molecule has 5 nitrogen and oxygen atoms in total. The van der Waals surface area contributed by atoms with Gasteiger partial charge in [0, 0.05) is 12.0 Å². The summed E-state index contributed by atoms with van der Waals surface area (Å²) in [5.41, 5.74) is 1.39. The predicted molar refractivity (Wildman–Crippen MR) is 86.4 cm³/mol. The van der Waals surface area contributed by atoms with Crippen LogP contribution in [0.3, 0.4) is 0 Å². The van der Waals surface area contributed by atoms with Crippen LogP contribution < -0.4 is 10.1 Å². The average Bonchev–Trinajstić information content (AvgIpc) is 2.61. The molecule has 120 valence electrons. The first-order valence-corrected chi connectivity index (χ1v) is 7.20. The summed E-state index contributed by atoms with van der Waals surface area (Å²) >= 11 is 0. The SMILES string of the molecule is COC(=O)[C@H](Cc1ccc(OC)cc1)NC(=O)c1ccccc1. The molecule has 0 radical (unpaired) electrons. The standard InChI is InChI=1S/C18H19NO4/c1-22-15-10-8-13(9-11-15)12-16(18(21)23-2)19-17(20)14-6-4-3-5-7-14/h3-11,16H,12H2,1-2H3,(H,19,20)/t16-/m0/s1. The van der Waals surface area contributed by atoms with Gasteiger partial charge in [0.1, 0.15) is 11.8 Å². The van der Waals surface area contributed by atoms with Gasteiger partial charge in [0.05, 0.1) is 14.2 Å². The maximum Gasteiger partial charge on any atom is 0.328 e. The van der Waals surface area contributed by atoms with E-state index in [9.17, 15) is 9.59 Å². The number of hydrogen-bond acceptors (Lipinski definition) is 4. The number of ether oxygens (including phenoxy) is 2. The molecular weight excluding hydrogens is 294 g/mol. The Bertz CT molecular complexity index is 652. The van der Waals surface area contributed by atoms with E-state index in [0.717, 1.165) is 11.3 Å². The third-order valence-corrected chi connectivity index (χ3v) is 3.43. The molecule has 1 amide bonds. The van der Waals surface area contributed by atoms with Crippen molar-refractivity contribution < 1.29 is 19.1 Å². The van der Waals surface area contributed by atoms with Gasteiger partial charge in [0.25, 0.3) is 5.91 Å². The van der Waals surface area contributed by atoms with E-state index in [-0.39, 0.29) is 5.91 Å². The van der Waals surface area contributed by atoms with Gasteiger partial charge in [-0.05, 0) is 29.8 Å². The van der Waals surface area contributed by atoms with Crippen molar-refractivity contribution in [3.63, 3.8) is 0 Å². The molecule has 0 spiro atoms. The Labute approximate surface area is 135 Å². The highest BCUT2D eigenvalue weighted by Gasteiger charge is 2.22. The quantitative estimate of drug-likeness (QED) is 0.831. The van der Waals surface area contributed by atoms with Crippen LogP contribution in [0.5, 0.6) is 5.75 Å². The maximum atomic E-state index is 12.2. The van der Waals surface area contributed by atoms with Gasteiger partial charge in [-0.1, -0.05) is 30.3 Å². The molecule has 23 heavy (non-hydrogen) atoms. The molecule has 0 aromatic heterocycles. The summed E-state index contributed by atoms with van der Waals surface area (Å²) in [5, 5.41) is 2.72. The van der Waals surface area contributed by atoms with Crippen molar-refractivity contribution in [2.75, 3.05) is 14.2 Å².